The van der Waals surface area contributed by atoms with E-state index in [1.165, 1.54) is 16.9 Å². The van der Waals surface area contributed by atoms with Crippen molar-refractivity contribution in [2.45, 2.75) is 12.8 Å². The van der Waals surface area contributed by atoms with Crippen molar-refractivity contribution < 1.29 is 9.53 Å². The Kier molecular flexibility index (Phi) is 4.33. The van der Waals surface area contributed by atoms with Gasteiger partial charge in [0.15, 0.2) is 0 Å². The van der Waals surface area contributed by atoms with Gasteiger partial charge in [0.1, 0.15) is 4.88 Å². The summed E-state index contributed by atoms with van der Waals surface area (Å²) in [6.45, 7) is 0.478. The highest BCUT2D eigenvalue weighted by molar-refractivity contribution is 7.11. The first kappa shape index (κ1) is 11.9. The molecule has 1 aromatic carbocycles. The molecule has 0 aliphatic heterocycles. The third kappa shape index (κ3) is 3.71. The van der Waals surface area contributed by atoms with Gasteiger partial charge in [-0.3, -0.25) is 0 Å². The van der Waals surface area contributed by atoms with E-state index in [0.29, 0.717) is 11.5 Å². The second-order valence-corrected chi connectivity index (χ2v) is 4.65. The summed E-state index contributed by atoms with van der Waals surface area (Å²) in [5, 5.41) is 1.88. The quantitative estimate of drug-likeness (QED) is 0.596. The molecule has 1 heterocycles. The van der Waals surface area contributed by atoms with Crippen LogP contribution in [-0.4, -0.2) is 12.6 Å². The molecule has 1 aromatic heterocycles. The fraction of sp³-hybridized carbons (Fsp3) is 0.214. The van der Waals surface area contributed by atoms with Gasteiger partial charge in [-0.15, -0.1) is 11.3 Å². The summed E-state index contributed by atoms with van der Waals surface area (Å²) >= 11 is 1.41. The van der Waals surface area contributed by atoms with E-state index in [1.54, 1.807) is 6.07 Å². The molecule has 0 atom stereocenters. The normalized spacial score (nSPS) is 10.1. The lowest BCUT2D eigenvalue weighted by Crippen LogP contribution is -2.05. The molecule has 0 aliphatic carbocycles. The van der Waals surface area contributed by atoms with E-state index < -0.39 is 0 Å². The van der Waals surface area contributed by atoms with Crippen molar-refractivity contribution in [3.8, 4) is 0 Å². The number of carbonyl (C=O) groups excluding carboxylic acids is 1. The Morgan fingerprint density at radius 2 is 1.94 bits per heavy atom. The van der Waals surface area contributed by atoms with Gasteiger partial charge in [0, 0.05) is 0 Å². The van der Waals surface area contributed by atoms with Crippen LogP contribution < -0.4 is 0 Å². The van der Waals surface area contributed by atoms with Gasteiger partial charge in [-0.1, -0.05) is 36.4 Å². The van der Waals surface area contributed by atoms with Crippen molar-refractivity contribution in [2.24, 2.45) is 0 Å². The Hall–Kier alpha value is -1.61. The summed E-state index contributed by atoms with van der Waals surface area (Å²) in [5.41, 5.74) is 1.28. The zero-order valence-corrected chi connectivity index (χ0v) is 10.3. The lowest BCUT2D eigenvalue weighted by atomic mass is 10.1. The van der Waals surface area contributed by atoms with Crippen LogP contribution in [0.5, 0.6) is 0 Å². The second-order valence-electron chi connectivity index (χ2n) is 3.70. The Bertz CT molecular complexity index is 448. The van der Waals surface area contributed by atoms with Crippen LogP contribution in [0.25, 0.3) is 0 Å². The maximum atomic E-state index is 11.5. The number of hydrogen-bond acceptors (Lipinski definition) is 3. The molecule has 2 nitrogen and oxygen atoms in total. The minimum Gasteiger partial charge on any atom is -0.461 e. The number of hydrogen-bond donors (Lipinski definition) is 0. The molecular weight excluding hydrogens is 232 g/mol. The molecule has 0 fully saturated rings. The standard InChI is InChI=1S/C14H14O2S/c15-14(13-9-5-11-17-13)16-10-4-8-12-6-2-1-3-7-12/h1-3,5-7,9,11H,4,8,10H2. The Morgan fingerprint density at radius 1 is 1.12 bits per heavy atom. The van der Waals surface area contributed by atoms with Crippen LogP contribution in [0.4, 0.5) is 0 Å². The van der Waals surface area contributed by atoms with Crippen LogP contribution in [0, 0.1) is 0 Å². The van der Waals surface area contributed by atoms with Gasteiger partial charge < -0.3 is 4.74 Å². The summed E-state index contributed by atoms with van der Waals surface area (Å²) in [6.07, 6.45) is 1.81. The lowest BCUT2D eigenvalue weighted by Gasteiger charge is -2.03. The summed E-state index contributed by atoms with van der Waals surface area (Å²) in [7, 11) is 0. The Morgan fingerprint density at radius 3 is 2.65 bits per heavy atom. The van der Waals surface area contributed by atoms with Crippen molar-refractivity contribution in [1.82, 2.24) is 0 Å². The first-order valence-corrected chi connectivity index (χ1v) is 6.49. The summed E-state index contributed by atoms with van der Waals surface area (Å²) in [6, 6.07) is 13.8. The highest BCUT2D eigenvalue weighted by Gasteiger charge is 2.06. The van der Waals surface area contributed by atoms with Crippen molar-refractivity contribution in [1.29, 1.82) is 0 Å². The summed E-state index contributed by atoms with van der Waals surface area (Å²) in [5.74, 6) is -0.215. The minimum absolute atomic E-state index is 0.215. The van der Waals surface area contributed by atoms with E-state index in [1.807, 2.05) is 29.6 Å². The van der Waals surface area contributed by atoms with E-state index >= 15 is 0 Å². The Balaban J connectivity index is 1.69. The summed E-state index contributed by atoms with van der Waals surface area (Å²) in [4.78, 5) is 12.2. The number of ether oxygens (including phenoxy) is 1. The molecule has 0 amide bonds. The average molecular weight is 246 g/mol. The maximum absolute atomic E-state index is 11.5. The molecule has 17 heavy (non-hydrogen) atoms. The van der Waals surface area contributed by atoms with Crippen LogP contribution in [-0.2, 0) is 11.2 Å². The molecule has 88 valence electrons. The van der Waals surface area contributed by atoms with Crippen LogP contribution in [0.15, 0.2) is 47.8 Å². The van der Waals surface area contributed by atoms with E-state index in [2.05, 4.69) is 12.1 Å². The molecule has 0 radical (unpaired) electrons. The number of benzene rings is 1. The largest absolute Gasteiger partial charge is 0.461 e. The van der Waals surface area contributed by atoms with Gasteiger partial charge in [-0.25, -0.2) is 4.79 Å². The number of esters is 1. The highest BCUT2D eigenvalue weighted by Crippen LogP contribution is 2.10. The molecule has 0 N–H and O–H groups in total. The molecule has 0 saturated carbocycles. The molecule has 0 saturated heterocycles. The van der Waals surface area contributed by atoms with Crippen LogP contribution >= 0.6 is 11.3 Å². The monoisotopic (exact) mass is 246 g/mol. The SMILES string of the molecule is O=C(OCCCc1ccccc1)c1cccs1. The molecule has 0 spiro atoms. The van der Waals surface area contributed by atoms with Crippen LogP contribution in [0.3, 0.4) is 0 Å². The lowest BCUT2D eigenvalue weighted by molar-refractivity contribution is 0.0506. The predicted octanol–water partition coefficient (Wildman–Crippen LogP) is 3.54. The number of rotatable bonds is 5. The molecule has 0 bridgehead atoms. The topological polar surface area (TPSA) is 26.3 Å². The van der Waals surface area contributed by atoms with E-state index in [9.17, 15) is 4.79 Å². The van der Waals surface area contributed by atoms with E-state index in [0.717, 1.165) is 12.8 Å². The second kappa shape index (κ2) is 6.21. The molecule has 3 heteroatoms. The van der Waals surface area contributed by atoms with Gasteiger partial charge in [-0.2, -0.15) is 0 Å². The van der Waals surface area contributed by atoms with Crippen molar-refractivity contribution in [3.05, 3.63) is 58.3 Å². The van der Waals surface area contributed by atoms with Gasteiger partial charge >= 0.3 is 5.97 Å². The van der Waals surface area contributed by atoms with E-state index in [-0.39, 0.29) is 5.97 Å². The fourth-order valence-corrected chi connectivity index (χ4v) is 2.17. The number of aryl methyl sites for hydroxylation is 1. The Labute approximate surface area is 105 Å². The average Bonchev–Trinajstić information content (AvgIpc) is 2.89. The zero-order chi connectivity index (χ0) is 11.9. The molecule has 0 unspecified atom stereocenters. The molecule has 2 rings (SSSR count). The fourth-order valence-electron chi connectivity index (χ4n) is 1.55. The van der Waals surface area contributed by atoms with Crippen molar-refractivity contribution in [2.75, 3.05) is 6.61 Å². The van der Waals surface area contributed by atoms with Crippen molar-refractivity contribution in [3.63, 3.8) is 0 Å². The van der Waals surface area contributed by atoms with Crippen molar-refractivity contribution >= 4 is 17.3 Å². The van der Waals surface area contributed by atoms with Crippen LogP contribution in [0.2, 0.25) is 0 Å². The first-order valence-electron chi connectivity index (χ1n) is 5.61. The van der Waals surface area contributed by atoms with Gasteiger partial charge in [0.25, 0.3) is 0 Å². The van der Waals surface area contributed by atoms with E-state index in [4.69, 9.17) is 4.74 Å². The molecule has 0 aliphatic rings. The highest BCUT2D eigenvalue weighted by atomic mass is 32.1. The predicted molar refractivity (Wildman–Crippen MR) is 69.4 cm³/mol. The smallest absolute Gasteiger partial charge is 0.348 e. The van der Waals surface area contributed by atoms with Gasteiger partial charge in [0.2, 0.25) is 0 Å². The number of thiophene rings is 1. The van der Waals surface area contributed by atoms with Gasteiger partial charge in [-0.05, 0) is 29.9 Å². The summed E-state index contributed by atoms with van der Waals surface area (Å²) < 4.78 is 5.18. The third-order valence-corrected chi connectivity index (χ3v) is 3.26. The van der Waals surface area contributed by atoms with Crippen LogP contribution in [0.1, 0.15) is 21.7 Å². The first-order chi connectivity index (χ1) is 8.36. The zero-order valence-electron chi connectivity index (χ0n) is 9.46. The third-order valence-electron chi connectivity index (χ3n) is 2.41. The maximum Gasteiger partial charge on any atom is 0.348 e. The molecular formula is C14H14O2S. The minimum atomic E-state index is -0.215. The molecule has 2 aromatic rings. The number of carbonyl (C=O) groups is 1. The van der Waals surface area contributed by atoms with Gasteiger partial charge in [0.05, 0.1) is 6.61 Å².